The van der Waals surface area contributed by atoms with E-state index in [1.54, 1.807) is 24.3 Å². The Morgan fingerprint density at radius 1 is 1.10 bits per heavy atom. The second-order valence-electron chi connectivity index (χ2n) is 7.06. The number of nitrogens with zero attached hydrogens (tertiary/aromatic N) is 2. The molecule has 0 atom stereocenters. The lowest BCUT2D eigenvalue weighted by atomic mass is 10.2. The molecule has 0 unspecified atom stereocenters. The molecule has 2 N–H and O–H groups in total. The zero-order valence-corrected chi connectivity index (χ0v) is 17.0. The van der Waals surface area contributed by atoms with Gasteiger partial charge in [0.05, 0.1) is 31.4 Å². The monoisotopic (exact) mass is 416 g/mol. The number of guanidine groups is 1. The number of hydrogen-bond acceptors (Lipinski definition) is 7. The summed E-state index contributed by atoms with van der Waals surface area (Å²) in [5, 5.41) is 3.03. The standard InChI is InChI=1S/C20H24N4O4S/c1-15-3-6-17(7-4-15)29(25,26)23-20-21-13-24(14-22-20)12-16-5-8-18-19(11-16)28-10-2-9-27-18/h3-8,11H,2,9-10,12-14H2,1H3,(H2,21,22,23). The number of nitrogens with one attached hydrogen (secondary N) is 2. The zero-order chi connectivity index (χ0) is 20.3. The lowest BCUT2D eigenvalue weighted by Crippen LogP contribution is -2.49. The summed E-state index contributed by atoms with van der Waals surface area (Å²) < 4.78 is 38.9. The summed E-state index contributed by atoms with van der Waals surface area (Å²) in [7, 11) is -3.66. The first kappa shape index (κ1) is 19.5. The molecule has 2 aliphatic heterocycles. The summed E-state index contributed by atoms with van der Waals surface area (Å²) in [6, 6.07) is 12.6. The van der Waals surface area contributed by atoms with E-state index >= 15 is 0 Å². The molecule has 2 heterocycles. The van der Waals surface area contributed by atoms with Gasteiger partial charge in [0.25, 0.3) is 10.0 Å². The maximum atomic E-state index is 12.5. The first-order chi connectivity index (χ1) is 14.0. The van der Waals surface area contributed by atoms with Gasteiger partial charge in [0.2, 0.25) is 5.96 Å². The van der Waals surface area contributed by atoms with E-state index in [2.05, 4.69) is 19.9 Å². The average Bonchev–Trinajstić information content (AvgIpc) is 2.95. The highest BCUT2D eigenvalue weighted by molar-refractivity contribution is 7.90. The molecular formula is C20H24N4O4S. The van der Waals surface area contributed by atoms with Gasteiger partial charge in [-0.25, -0.2) is 18.1 Å². The Labute approximate surface area is 170 Å². The number of aliphatic imine (C=N–C) groups is 1. The quantitative estimate of drug-likeness (QED) is 0.790. The van der Waals surface area contributed by atoms with Crippen LogP contribution in [0.25, 0.3) is 0 Å². The molecule has 8 nitrogen and oxygen atoms in total. The molecule has 0 spiro atoms. The van der Waals surface area contributed by atoms with Crippen LogP contribution >= 0.6 is 0 Å². The highest BCUT2D eigenvalue weighted by atomic mass is 32.2. The Bertz CT molecular complexity index is 1010. The second kappa shape index (κ2) is 8.30. The molecular weight excluding hydrogens is 392 g/mol. The Morgan fingerprint density at radius 2 is 1.86 bits per heavy atom. The van der Waals surface area contributed by atoms with Crippen molar-refractivity contribution >= 4 is 16.0 Å². The highest BCUT2D eigenvalue weighted by Crippen LogP contribution is 2.30. The number of benzene rings is 2. The fourth-order valence-corrected chi connectivity index (χ4v) is 4.11. The van der Waals surface area contributed by atoms with Crippen molar-refractivity contribution in [2.24, 2.45) is 4.99 Å². The number of aryl methyl sites for hydroxylation is 1. The van der Waals surface area contributed by atoms with E-state index < -0.39 is 10.0 Å². The molecule has 0 fully saturated rings. The maximum Gasteiger partial charge on any atom is 0.264 e. The molecule has 4 rings (SSSR count). The van der Waals surface area contributed by atoms with Crippen LogP contribution in [0, 0.1) is 6.92 Å². The molecule has 2 aromatic carbocycles. The van der Waals surface area contributed by atoms with Gasteiger partial charge < -0.3 is 14.8 Å². The molecule has 0 saturated heterocycles. The number of sulfonamides is 1. The van der Waals surface area contributed by atoms with Crippen LogP contribution in [0.3, 0.4) is 0 Å². The van der Waals surface area contributed by atoms with Crippen LogP contribution in [-0.4, -0.2) is 45.8 Å². The van der Waals surface area contributed by atoms with E-state index in [0.717, 1.165) is 29.0 Å². The maximum absolute atomic E-state index is 12.5. The Kier molecular flexibility index (Phi) is 5.59. The number of ether oxygens (including phenoxy) is 2. The lowest BCUT2D eigenvalue weighted by molar-refractivity contribution is 0.254. The van der Waals surface area contributed by atoms with Crippen molar-refractivity contribution in [2.75, 3.05) is 26.6 Å². The van der Waals surface area contributed by atoms with Gasteiger partial charge in [-0.3, -0.25) is 4.90 Å². The summed E-state index contributed by atoms with van der Waals surface area (Å²) >= 11 is 0. The van der Waals surface area contributed by atoms with Crippen LogP contribution in [0.1, 0.15) is 17.5 Å². The van der Waals surface area contributed by atoms with Crippen molar-refractivity contribution in [3.05, 3.63) is 53.6 Å². The van der Waals surface area contributed by atoms with Crippen molar-refractivity contribution in [1.29, 1.82) is 0 Å². The van der Waals surface area contributed by atoms with Gasteiger partial charge in [0.1, 0.15) is 0 Å². The van der Waals surface area contributed by atoms with Crippen molar-refractivity contribution in [1.82, 2.24) is 14.9 Å². The molecule has 2 aliphatic rings. The fraction of sp³-hybridized carbons (Fsp3) is 0.350. The third-order valence-corrected chi connectivity index (χ3v) is 6.03. The van der Waals surface area contributed by atoms with Crippen molar-refractivity contribution in [2.45, 2.75) is 24.8 Å². The van der Waals surface area contributed by atoms with Crippen LogP contribution in [0.5, 0.6) is 11.5 Å². The molecule has 0 amide bonds. The summed E-state index contributed by atoms with van der Waals surface area (Å²) in [6.45, 7) is 4.74. The summed E-state index contributed by atoms with van der Waals surface area (Å²) in [5.74, 6) is 1.79. The van der Waals surface area contributed by atoms with E-state index in [0.29, 0.717) is 33.1 Å². The Morgan fingerprint density at radius 3 is 2.59 bits per heavy atom. The summed E-state index contributed by atoms with van der Waals surface area (Å²) in [4.78, 5) is 6.59. The van der Waals surface area contributed by atoms with Crippen LogP contribution in [0.4, 0.5) is 0 Å². The molecule has 0 aliphatic carbocycles. The van der Waals surface area contributed by atoms with Gasteiger partial charge in [-0.15, -0.1) is 0 Å². The largest absolute Gasteiger partial charge is 0.490 e. The minimum absolute atomic E-state index is 0.210. The van der Waals surface area contributed by atoms with E-state index in [9.17, 15) is 8.42 Å². The smallest absolute Gasteiger partial charge is 0.264 e. The van der Waals surface area contributed by atoms with Gasteiger partial charge in [-0.2, -0.15) is 0 Å². The van der Waals surface area contributed by atoms with Crippen molar-refractivity contribution in [3.63, 3.8) is 0 Å². The number of fused-ring (bicyclic) bond motifs is 1. The zero-order valence-electron chi connectivity index (χ0n) is 16.2. The van der Waals surface area contributed by atoms with E-state index in [-0.39, 0.29) is 10.9 Å². The lowest BCUT2D eigenvalue weighted by Gasteiger charge is -2.27. The molecule has 0 radical (unpaired) electrons. The van der Waals surface area contributed by atoms with Gasteiger partial charge in [-0.05, 0) is 36.8 Å². The van der Waals surface area contributed by atoms with Crippen LogP contribution < -0.4 is 19.5 Å². The predicted molar refractivity (Wildman–Crippen MR) is 109 cm³/mol. The molecule has 154 valence electrons. The second-order valence-corrected chi connectivity index (χ2v) is 8.74. The molecule has 0 bridgehead atoms. The van der Waals surface area contributed by atoms with Crippen LogP contribution in [0.15, 0.2) is 52.4 Å². The summed E-state index contributed by atoms with van der Waals surface area (Å²) in [5.41, 5.74) is 2.08. The Hall–Kier alpha value is -2.78. The molecule has 0 saturated carbocycles. The third kappa shape index (κ3) is 4.80. The average molecular weight is 417 g/mol. The highest BCUT2D eigenvalue weighted by Gasteiger charge is 2.20. The minimum atomic E-state index is -3.66. The minimum Gasteiger partial charge on any atom is -0.490 e. The molecule has 2 aromatic rings. The molecule has 9 heteroatoms. The molecule has 29 heavy (non-hydrogen) atoms. The number of hydrogen-bond donors (Lipinski definition) is 2. The predicted octanol–water partition coefficient (Wildman–Crippen LogP) is 1.81. The normalized spacial score (nSPS) is 17.1. The van der Waals surface area contributed by atoms with Crippen LogP contribution in [0.2, 0.25) is 0 Å². The van der Waals surface area contributed by atoms with Gasteiger partial charge in [-0.1, -0.05) is 23.8 Å². The number of rotatable bonds is 4. The molecule has 0 aromatic heterocycles. The van der Waals surface area contributed by atoms with Gasteiger partial charge in [0.15, 0.2) is 11.5 Å². The van der Waals surface area contributed by atoms with E-state index in [1.807, 2.05) is 25.1 Å². The third-order valence-electron chi connectivity index (χ3n) is 4.68. The fourth-order valence-electron chi connectivity index (χ4n) is 3.11. The first-order valence-electron chi connectivity index (χ1n) is 9.48. The topological polar surface area (TPSA) is 92.3 Å². The van der Waals surface area contributed by atoms with Crippen molar-refractivity contribution < 1.29 is 17.9 Å². The summed E-state index contributed by atoms with van der Waals surface area (Å²) in [6.07, 6.45) is 0.871. The van der Waals surface area contributed by atoms with Crippen molar-refractivity contribution in [3.8, 4) is 11.5 Å². The Balaban J connectivity index is 1.37. The van der Waals surface area contributed by atoms with E-state index in [1.165, 1.54) is 0 Å². The van der Waals surface area contributed by atoms with Gasteiger partial charge in [0, 0.05) is 13.0 Å². The van der Waals surface area contributed by atoms with Gasteiger partial charge >= 0.3 is 0 Å². The SMILES string of the molecule is Cc1ccc(S(=O)(=O)NC2=NCN(Cc3ccc4c(c3)OCCCO4)CN2)cc1. The first-order valence-corrected chi connectivity index (χ1v) is 11.0. The van der Waals surface area contributed by atoms with E-state index in [4.69, 9.17) is 9.47 Å². The van der Waals surface area contributed by atoms with Crippen LogP contribution in [-0.2, 0) is 16.6 Å².